The van der Waals surface area contributed by atoms with Crippen molar-refractivity contribution in [1.82, 2.24) is 14.9 Å². The Hall–Kier alpha value is -1.99. The highest BCUT2D eigenvalue weighted by Gasteiger charge is 2.21. The number of anilines is 1. The predicted molar refractivity (Wildman–Crippen MR) is 91.8 cm³/mol. The van der Waals surface area contributed by atoms with Crippen LogP contribution in [0, 0.1) is 0 Å². The van der Waals surface area contributed by atoms with Crippen molar-refractivity contribution in [3.63, 3.8) is 0 Å². The van der Waals surface area contributed by atoms with Crippen LogP contribution in [0.3, 0.4) is 0 Å². The zero-order valence-electron chi connectivity index (χ0n) is 12.7. The minimum absolute atomic E-state index is 0.106. The van der Waals surface area contributed by atoms with Gasteiger partial charge in [0.05, 0.1) is 5.69 Å². The molecule has 2 aromatic rings. The average molecular weight is 377 g/mol. The molecule has 0 aliphatic carbocycles. The molecule has 1 aliphatic rings. The molecule has 0 amide bonds. The van der Waals surface area contributed by atoms with Crippen molar-refractivity contribution in [2.75, 3.05) is 38.1 Å². The monoisotopic (exact) mass is 376 g/mol. The van der Waals surface area contributed by atoms with E-state index in [0.29, 0.717) is 11.6 Å². The molecule has 1 saturated heterocycles. The van der Waals surface area contributed by atoms with Gasteiger partial charge >= 0.3 is 5.97 Å². The molecular formula is C16H17BrN4O2. The van der Waals surface area contributed by atoms with Crippen LogP contribution in [0.1, 0.15) is 10.4 Å². The fraction of sp³-hybridized carbons (Fsp3) is 0.312. The molecule has 23 heavy (non-hydrogen) atoms. The lowest BCUT2D eigenvalue weighted by molar-refractivity contribution is 0.0697. The highest BCUT2D eigenvalue weighted by atomic mass is 79.9. The zero-order chi connectivity index (χ0) is 16.4. The smallest absolute Gasteiger partial charge is 0.339 e. The first kappa shape index (κ1) is 15.9. The quantitative estimate of drug-likeness (QED) is 0.886. The predicted octanol–water partition coefficient (Wildman–Crippen LogP) is 2.36. The number of benzene rings is 1. The van der Waals surface area contributed by atoms with Crippen LogP contribution < -0.4 is 4.90 Å². The Balaban J connectivity index is 2.04. The fourth-order valence-electron chi connectivity index (χ4n) is 2.55. The molecule has 0 bridgehead atoms. The summed E-state index contributed by atoms with van der Waals surface area (Å²) < 4.78 is 0.811. The minimum Gasteiger partial charge on any atom is -0.478 e. The van der Waals surface area contributed by atoms with Crippen LogP contribution in [-0.4, -0.2) is 59.2 Å². The maximum Gasteiger partial charge on any atom is 0.339 e. The van der Waals surface area contributed by atoms with Crippen LogP contribution in [-0.2, 0) is 0 Å². The van der Waals surface area contributed by atoms with Crippen molar-refractivity contribution in [3.8, 4) is 11.3 Å². The summed E-state index contributed by atoms with van der Waals surface area (Å²) in [6, 6.07) is 7.48. The molecule has 1 aromatic carbocycles. The number of hydrogen-bond donors (Lipinski definition) is 1. The lowest BCUT2D eigenvalue weighted by Gasteiger charge is -2.32. The molecule has 1 fully saturated rings. The second-order valence-electron chi connectivity index (χ2n) is 5.51. The van der Waals surface area contributed by atoms with Gasteiger partial charge in [0.2, 0.25) is 5.95 Å². The van der Waals surface area contributed by atoms with Gasteiger partial charge in [0.1, 0.15) is 5.56 Å². The largest absolute Gasteiger partial charge is 0.478 e. The van der Waals surface area contributed by atoms with Crippen LogP contribution in [0.4, 0.5) is 5.95 Å². The van der Waals surface area contributed by atoms with Gasteiger partial charge in [-0.1, -0.05) is 34.1 Å². The Labute approximate surface area is 142 Å². The molecule has 0 spiro atoms. The molecule has 6 nitrogen and oxygen atoms in total. The zero-order valence-corrected chi connectivity index (χ0v) is 14.3. The first-order valence-corrected chi connectivity index (χ1v) is 8.14. The number of nitrogens with zero attached hydrogens (tertiary/aromatic N) is 4. The van der Waals surface area contributed by atoms with Gasteiger partial charge in [-0.3, -0.25) is 0 Å². The van der Waals surface area contributed by atoms with Gasteiger partial charge in [0.15, 0.2) is 0 Å². The number of hydrogen-bond acceptors (Lipinski definition) is 5. The maximum absolute atomic E-state index is 11.5. The van der Waals surface area contributed by atoms with Crippen molar-refractivity contribution in [2.45, 2.75) is 0 Å². The van der Waals surface area contributed by atoms with Crippen LogP contribution in [0.2, 0.25) is 0 Å². The van der Waals surface area contributed by atoms with E-state index in [-0.39, 0.29) is 5.56 Å². The molecule has 3 rings (SSSR count). The third-order valence-electron chi connectivity index (χ3n) is 3.92. The SMILES string of the molecule is CN1CCN(c2ncc(C(=O)O)c(-c3ccccc3Br)n2)CC1. The fourth-order valence-corrected chi connectivity index (χ4v) is 3.02. The minimum atomic E-state index is -1.03. The molecule has 1 N–H and O–H groups in total. The number of likely N-dealkylation sites (N-methyl/N-ethyl adjacent to an activating group) is 1. The maximum atomic E-state index is 11.5. The third kappa shape index (κ3) is 3.35. The van der Waals surface area contributed by atoms with Crippen LogP contribution >= 0.6 is 15.9 Å². The summed E-state index contributed by atoms with van der Waals surface area (Å²) in [4.78, 5) is 24.7. The summed E-state index contributed by atoms with van der Waals surface area (Å²) in [6.07, 6.45) is 1.40. The van der Waals surface area contributed by atoms with E-state index < -0.39 is 5.97 Å². The van der Waals surface area contributed by atoms with Gasteiger partial charge < -0.3 is 14.9 Å². The van der Waals surface area contributed by atoms with E-state index in [4.69, 9.17) is 0 Å². The van der Waals surface area contributed by atoms with Crippen LogP contribution in [0.15, 0.2) is 34.9 Å². The van der Waals surface area contributed by atoms with Crippen LogP contribution in [0.5, 0.6) is 0 Å². The Kier molecular flexibility index (Phi) is 4.58. The van der Waals surface area contributed by atoms with Gasteiger partial charge in [-0.15, -0.1) is 0 Å². The van der Waals surface area contributed by atoms with Gasteiger partial charge in [0.25, 0.3) is 0 Å². The molecule has 120 valence electrons. The van der Waals surface area contributed by atoms with E-state index >= 15 is 0 Å². The normalized spacial score (nSPS) is 15.7. The van der Waals surface area contributed by atoms with E-state index in [9.17, 15) is 9.90 Å². The summed E-state index contributed by atoms with van der Waals surface area (Å²) in [6.45, 7) is 3.54. The Morgan fingerprint density at radius 1 is 1.22 bits per heavy atom. The van der Waals surface area contributed by atoms with E-state index in [1.807, 2.05) is 24.3 Å². The first-order chi connectivity index (χ1) is 11.1. The summed E-state index contributed by atoms with van der Waals surface area (Å²) >= 11 is 3.47. The van der Waals surface area contributed by atoms with Crippen molar-refractivity contribution in [3.05, 3.63) is 40.5 Å². The number of aromatic nitrogens is 2. The summed E-state index contributed by atoms with van der Waals surface area (Å²) in [5, 5.41) is 9.44. The number of carboxylic acid groups (broad SMARTS) is 1. The molecule has 0 saturated carbocycles. The van der Waals surface area contributed by atoms with Crippen molar-refractivity contribution in [1.29, 1.82) is 0 Å². The van der Waals surface area contributed by atoms with Gasteiger partial charge in [-0.05, 0) is 13.1 Å². The van der Waals surface area contributed by atoms with Crippen LogP contribution in [0.25, 0.3) is 11.3 Å². The topological polar surface area (TPSA) is 69.6 Å². The number of piperazine rings is 1. The first-order valence-electron chi connectivity index (χ1n) is 7.35. The van der Waals surface area contributed by atoms with Crippen molar-refractivity contribution >= 4 is 27.8 Å². The number of carboxylic acids is 1. The highest BCUT2D eigenvalue weighted by molar-refractivity contribution is 9.10. The average Bonchev–Trinajstić information content (AvgIpc) is 2.55. The molecule has 1 aromatic heterocycles. The molecule has 0 unspecified atom stereocenters. The second kappa shape index (κ2) is 6.64. The van der Waals surface area contributed by atoms with E-state index in [1.165, 1.54) is 6.20 Å². The molecule has 1 aliphatic heterocycles. The Bertz CT molecular complexity index is 730. The standard InChI is InChI=1S/C16H17BrN4O2/c1-20-6-8-21(9-7-20)16-18-10-12(15(22)23)14(19-16)11-4-2-3-5-13(11)17/h2-5,10H,6-9H2,1H3,(H,22,23). The highest BCUT2D eigenvalue weighted by Crippen LogP contribution is 2.30. The lowest BCUT2D eigenvalue weighted by Crippen LogP contribution is -2.45. The lowest BCUT2D eigenvalue weighted by atomic mass is 10.1. The molecule has 0 radical (unpaired) electrons. The van der Waals surface area contributed by atoms with E-state index in [1.54, 1.807) is 0 Å². The van der Waals surface area contributed by atoms with E-state index in [2.05, 4.69) is 42.7 Å². The summed E-state index contributed by atoms with van der Waals surface area (Å²) in [5.74, 6) is -0.450. The number of carbonyl (C=O) groups is 1. The van der Waals surface area contributed by atoms with Crippen molar-refractivity contribution in [2.24, 2.45) is 0 Å². The molecule has 0 atom stereocenters. The second-order valence-corrected chi connectivity index (χ2v) is 6.36. The number of halogens is 1. The number of rotatable bonds is 3. The molecular weight excluding hydrogens is 360 g/mol. The number of aromatic carboxylic acids is 1. The Morgan fingerprint density at radius 3 is 2.57 bits per heavy atom. The van der Waals surface area contributed by atoms with Crippen molar-refractivity contribution < 1.29 is 9.90 Å². The molecule has 7 heteroatoms. The third-order valence-corrected chi connectivity index (χ3v) is 4.61. The van der Waals surface area contributed by atoms with Gasteiger partial charge in [0, 0.05) is 42.4 Å². The van der Waals surface area contributed by atoms with Gasteiger partial charge in [-0.25, -0.2) is 14.8 Å². The summed E-state index contributed by atoms with van der Waals surface area (Å²) in [7, 11) is 2.08. The molecule has 2 heterocycles. The summed E-state index contributed by atoms with van der Waals surface area (Å²) in [5.41, 5.74) is 1.30. The Morgan fingerprint density at radius 2 is 1.91 bits per heavy atom. The van der Waals surface area contributed by atoms with E-state index in [0.717, 1.165) is 36.2 Å². The van der Waals surface area contributed by atoms with Gasteiger partial charge in [-0.2, -0.15) is 0 Å².